The zero-order chi connectivity index (χ0) is 18.1. The Morgan fingerprint density at radius 2 is 1.92 bits per heavy atom. The predicted octanol–water partition coefficient (Wildman–Crippen LogP) is 4.37. The summed E-state index contributed by atoms with van der Waals surface area (Å²) in [6.45, 7) is 2.64. The lowest BCUT2D eigenvalue weighted by atomic mass is 10.1. The van der Waals surface area contributed by atoms with Crippen molar-refractivity contribution in [3.8, 4) is 11.5 Å². The summed E-state index contributed by atoms with van der Waals surface area (Å²) in [6, 6.07) is 14.9. The summed E-state index contributed by atoms with van der Waals surface area (Å²) in [6.07, 6.45) is 2.34. The monoisotopic (exact) mass is 359 g/mol. The number of phenols is 1. The number of carbonyl (C=O) groups excluding carboxylic acids is 1. The SMILES string of the molecule is COc1ccccc1CNC(=O)CCCC(C)Sc1ccc(O)cc1. The quantitative estimate of drug-likeness (QED) is 0.653. The van der Waals surface area contributed by atoms with Gasteiger partial charge in [-0.1, -0.05) is 25.1 Å². The van der Waals surface area contributed by atoms with Gasteiger partial charge < -0.3 is 15.2 Å². The Kier molecular flexibility index (Phi) is 7.67. The fraction of sp³-hybridized carbons (Fsp3) is 0.350. The summed E-state index contributed by atoms with van der Waals surface area (Å²) in [5, 5.41) is 12.7. The van der Waals surface area contributed by atoms with Gasteiger partial charge in [0.15, 0.2) is 0 Å². The van der Waals surface area contributed by atoms with Gasteiger partial charge >= 0.3 is 0 Å². The molecule has 0 aliphatic rings. The molecule has 1 unspecified atom stereocenters. The van der Waals surface area contributed by atoms with E-state index in [1.165, 1.54) is 0 Å². The fourth-order valence-corrected chi connectivity index (χ4v) is 3.54. The number of nitrogens with one attached hydrogen (secondary N) is 1. The van der Waals surface area contributed by atoms with Crippen molar-refractivity contribution in [2.24, 2.45) is 0 Å². The highest BCUT2D eigenvalue weighted by atomic mass is 32.2. The highest BCUT2D eigenvalue weighted by molar-refractivity contribution is 7.99. The van der Waals surface area contributed by atoms with Crippen LogP contribution in [0.1, 0.15) is 31.7 Å². The molecule has 2 N–H and O–H groups in total. The van der Waals surface area contributed by atoms with E-state index in [1.807, 2.05) is 36.4 Å². The summed E-state index contributed by atoms with van der Waals surface area (Å²) in [4.78, 5) is 13.1. The maximum Gasteiger partial charge on any atom is 0.220 e. The number of ether oxygens (including phenoxy) is 1. The minimum Gasteiger partial charge on any atom is -0.508 e. The van der Waals surface area contributed by atoms with E-state index in [1.54, 1.807) is 31.0 Å². The van der Waals surface area contributed by atoms with Crippen LogP contribution in [0.2, 0.25) is 0 Å². The van der Waals surface area contributed by atoms with Crippen molar-refractivity contribution in [2.45, 2.75) is 42.9 Å². The first kappa shape index (κ1) is 19.2. The molecule has 0 saturated heterocycles. The fourth-order valence-electron chi connectivity index (χ4n) is 2.50. The molecule has 1 atom stereocenters. The molecule has 0 aliphatic heterocycles. The minimum atomic E-state index is 0.0627. The number of methoxy groups -OCH3 is 1. The van der Waals surface area contributed by atoms with Crippen LogP contribution in [0.3, 0.4) is 0 Å². The molecule has 25 heavy (non-hydrogen) atoms. The van der Waals surface area contributed by atoms with Crippen molar-refractivity contribution in [3.05, 3.63) is 54.1 Å². The number of aromatic hydroxyl groups is 1. The minimum absolute atomic E-state index is 0.0627. The molecule has 0 saturated carbocycles. The largest absolute Gasteiger partial charge is 0.508 e. The lowest BCUT2D eigenvalue weighted by Crippen LogP contribution is -2.22. The zero-order valence-electron chi connectivity index (χ0n) is 14.7. The number of benzene rings is 2. The maximum atomic E-state index is 12.0. The standard InChI is InChI=1S/C20H25NO3S/c1-15(25-18-12-10-17(22)11-13-18)6-5-9-20(23)21-14-16-7-3-4-8-19(16)24-2/h3-4,7-8,10-13,15,22H,5-6,9,14H2,1-2H3,(H,21,23). The van der Waals surface area contributed by atoms with E-state index in [0.29, 0.717) is 18.2 Å². The molecule has 0 fully saturated rings. The summed E-state index contributed by atoms with van der Waals surface area (Å²) >= 11 is 1.76. The number of hydrogen-bond acceptors (Lipinski definition) is 4. The topological polar surface area (TPSA) is 58.6 Å². The Balaban J connectivity index is 1.67. The van der Waals surface area contributed by atoms with Crippen LogP contribution < -0.4 is 10.1 Å². The van der Waals surface area contributed by atoms with Crippen LogP contribution in [0.4, 0.5) is 0 Å². The van der Waals surface area contributed by atoms with E-state index in [-0.39, 0.29) is 11.7 Å². The third-order valence-electron chi connectivity index (χ3n) is 3.86. The van der Waals surface area contributed by atoms with E-state index in [2.05, 4.69) is 12.2 Å². The second-order valence-corrected chi connectivity index (χ2v) is 7.42. The maximum absolute atomic E-state index is 12.0. The zero-order valence-corrected chi connectivity index (χ0v) is 15.5. The van der Waals surface area contributed by atoms with Crippen molar-refractivity contribution in [1.82, 2.24) is 5.32 Å². The number of thioether (sulfide) groups is 1. The van der Waals surface area contributed by atoms with Crippen LogP contribution in [-0.2, 0) is 11.3 Å². The van der Waals surface area contributed by atoms with Gasteiger partial charge in [0.25, 0.3) is 0 Å². The Morgan fingerprint density at radius 1 is 1.20 bits per heavy atom. The first-order chi connectivity index (χ1) is 12.1. The molecule has 0 heterocycles. The number of carbonyl (C=O) groups is 1. The van der Waals surface area contributed by atoms with Gasteiger partial charge in [-0.15, -0.1) is 11.8 Å². The number of para-hydroxylation sites is 1. The summed E-state index contributed by atoms with van der Waals surface area (Å²) in [5.74, 6) is 1.14. The molecule has 0 aliphatic carbocycles. The number of rotatable bonds is 9. The molecule has 0 bridgehead atoms. The number of hydrogen-bond donors (Lipinski definition) is 2. The average molecular weight is 359 g/mol. The lowest BCUT2D eigenvalue weighted by Gasteiger charge is -2.12. The van der Waals surface area contributed by atoms with Crippen molar-refractivity contribution >= 4 is 17.7 Å². The smallest absolute Gasteiger partial charge is 0.220 e. The molecule has 5 heteroatoms. The summed E-state index contributed by atoms with van der Waals surface area (Å²) in [7, 11) is 1.63. The van der Waals surface area contributed by atoms with Gasteiger partial charge in [0.1, 0.15) is 11.5 Å². The van der Waals surface area contributed by atoms with Crippen LogP contribution in [-0.4, -0.2) is 23.4 Å². The molecule has 2 rings (SSSR count). The normalized spacial score (nSPS) is 11.8. The van der Waals surface area contributed by atoms with Crippen LogP contribution in [0.25, 0.3) is 0 Å². The van der Waals surface area contributed by atoms with Gasteiger partial charge in [-0.2, -0.15) is 0 Å². The van der Waals surface area contributed by atoms with E-state index in [4.69, 9.17) is 4.74 Å². The van der Waals surface area contributed by atoms with E-state index >= 15 is 0 Å². The van der Waals surface area contributed by atoms with E-state index in [9.17, 15) is 9.90 Å². The summed E-state index contributed by atoms with van der Waals surface area (Å²) in [5.41, 5.74) is 0.981. The van der Waals surface area contributed by atoms with Crippen molar-refractivity contribution in [1.29, 1.82) is 0 Å². The Labute approximate surface area is 153 Å². The Hall–Kier alpha value is -2.14. The third kappa shape index (κ3) is 6.70. The van der Waals surface area contributed by atoms with Gasteiger partial charge in [0, 0.05) is 28.7 Å². The molecule has 2 aromatic carbocycles. The second-order valence-electron chi connectivity index (χ2n) is 5.90. The van der Waals surface area contributed by atoms with Crippen LogP contribution in [0, 0.1) is 0 Å². The molecular formula is C20H25NO3S. The second kappa shape index (κ2) is 9.99. The van der Waals surface area contributed by atoms with E-state index < -0.39 is 0 Å². The molecular weight excluding hydrogens is 334 g/mol. The van der Waals surface area contributed by atoms with Crippen LogP contribution >= 0.6 is 11.8 Å². The van der Waals surface area contributed by atoms with Crippen molar-refractivity contribution < 1.29 is 14.6 Å². The number of phenolic OH excluding ortho intramolecular Hbond substituents is 1. The highest BCUT2D eigenvalue weighted by Gasteiger charge is 2.08. The van der Waals surface area contributed by atoms with Crippen molar-refractivity contribution in [3.63, 3.8) is 0 Å². The lowest BCUT2D eigenvalue weighted by molar-refractivity contribution is -0.121. The first-order valence-electron chi connectivity index (χ1n) is 8.42. The summed E-state index contributed by atoms with van der Waals surface area (Å²) < 4.78 is 5.28. The highest BCUT2D eigenvalue weighted by Crippen LogP contribution is 2.27. The molecule has 0 radical (unpaired) electrons. The Bertz CT molecular complexity index is 673. The molecule has 2 aromatic rings. The third-order valence-corrected chi connectivity index (χ3v) is 5.04. The van der Waals surface area contributed by atoms with Gasteiger partial charge in [0.05, 0.1) is 7.11 Å². The Morgan fingerprint density at radius 3 is 2.64 bits per heavy atom. The van der Waals surface area contributed by atoms with Crippen molar-refractivity contribution in [2.75, 3.05) is 7.11 Å². The van der Waals surface area contributed by atoms with E-state index in [0.717, 1.165) is 29.1 Å². The molecule has 4 nitrogen and oxygen atoms in total. The average Bonchev–Trinajstić information content (AvgIpc) is 2.62. The molecule has 0 spiro atoms. The van der Waals surface area contributed by atoms with Crippen LogP contribution in [0.5, 0.6) is 11.5 Å². The van der Waals surface area contributed by atoms with Gasteiger partial charge in [0.2, 0.25) is 5.91 Å². The van der Waals surface area contributed by atoms with Gasteiger partial charge in [-0.3, -0.25) is 4.79 Å². The predicted molar refractivity (Wildman–Crippen MR) is 102 cm³/mol. The molecule has 134 valence electrons. The van der Waals surface area contributed by atoms with Gasteiger partial charge in [-0.05, 0) is 43.2 Å². The van der Waals surface area contributed by atoms with Crippen LogP contribution in [0.15, 0.2) is 53.4 Å². The molecule has 0 aromatic heterocycles. The number of amides is 1. The van der Waals surface area contributed by atoms with Gasteiger partial charge in [-0.25, -0.2) is 0 Å². The first-order valence-corrected chi connectivity index (χ1v) is 9.30. The molecule has 1 amide bonds.